The molecule has 3 aromatic carbocycles. The molecule has 0 aromatic heterocycles. The Morgan fingerprint density at radius 2 is 1.30 bits per heavy atom. The van der Waals surface area contributed by atoms with E-state index in [4.69, 9.17) is 0 Å². The second-order valence-electron chi connectivity index (χ2n) is 6.13. The summed E-state index contributed by atoms with van der Waals surface area (Å²) in [4.78, 5) is 26.4. The molecule has 0 aliphatic heterocycles. The maximum absolute atomic E-state index is 13.3. The fraction of sp³-hybridized carbons (Fsp3) is 0.130. The fourth-order valence-corrected chi connectivity index (χ4v) is 3.97. The number of anilines is 1. The summed E-state index contributed by atoms with van der Waals surface area (Å²) in [5, 5.41) is 2.63. The van der Waals surface area contributed by atoms with Gasteiger partial charge in [-0.25, -0.2) is 0 Å². The third-order valence-corrected chi connectivity index (χ3v) is 5.40. The van der Waals surface area contributed by atoms with Crippen LogP contribution in [0.2, 0.25) is 0 Å². The number of thioether (sulfide) groups is 1. The monoisotopic (exact) mass is 375 g/mol. The van der Waals surface area contributed by atoms with Gasteiger partial charge in [0.15, 0.2) is 5.78 Å². The van der Waals surface area contributed by atoms with E-state index in [1.165, 1.54) is 11.8 Å². The molecule has 1 amide bonds. The molecule has 0 aliphatic rings. The highest BCUT2D eigenvalue weighted by Crippen LogP contribution is 2.37. The van der Waals surface area contributed by atoms with Gasteiger partial charge in [-0.3, -0.25) is 9.59 Å². The maximum atomic E-state index is 13.3. The lowest BCUT2D eigenvalue weighted by molar-refractivity contribution is -0.118. The van der Waals surface area contributed by atoms with E-state index >= 15 is 0 Å². The highest BCUT2D eigenvalue weighted by Gasteiger charge is 2.36. The lowest BCUT2D eigenvalue weighted by atomic mass is 9.89. The number of Topliss-reactive ketones (excluding diaryl/α,β-unsaturated/α-hetero) is 1. The molecular formula is C23H21NO2S. The summed E-state index contributed by atoms with van der Waals surface area (Å²) < 4.78 is 0. The topological polar surface area (TPSA) is 46.2 Å². The van der Waals surface area contributed by atoms with Gasteiger partial charge in [0.2, 0.25) is 5.91 Å². The van der Waals surface area contributed by atoms with Gasteiger partial charge < -0.3 is 5.32 Å². The van der Waals surface area contributed by atoms with Gasteiger partial charge in [-0.05, 0) is 24.0 Å². The van der Waals surface area contributed by atoms with Crippen molar-refractivity contribution < 1.29 is 9.59 Å². The largest absolute Gasteiger partial charge is 0.325 e. The van der Waals surface area contributed by atoms with Crippen LogP contribution in [0.1, 0.15) is 21.2 Å². The zero-order valence-corrected chi connectivity index (χ0v) is 15.9. The Hall–Kier alpha value is -2.85. The van der Waals surface area contributed by atoms with E-state index in [1.54, 1.807) is 12.1 Å². The molecule has 0 bridgehead atoms. The number of para-hydroxylation sites is 1. The second-order valence-corrected chi connectivity index (χ2v) is 7.11. The number of nitrogens with one attached hydrogen (secondary N) is 1. The fourth-order valence-electron chi connectivity index (χ4n) is 3.02. The molecule has 4 heteroatoms. The van der Waals surface area contributed by atoms with Crippen molar-refractivity contribution in [3.63, 3.8) is 0 Å². The summed E-state index contributed by atoms with van der Waals surface area (Å²) in [5.74, 6) is -1.30. The molecule has 3 nitrogen and oxygen atoms in total. The number of carbonyl (C=O) groups excluding carboxylic acids is 2. The maximum Gasteiger partial charge on any atom is 0.236 e. The summed E-state index contributed by atoms with van der Waals surface area (Å²) in [6, 6.07) is 27.9. The van der Waals surface area contributed by atoms with Crippen LogP contribution in [0.15, 0.2) is 91.0 Å². The average Bonchev–Trinajstić information content (AvgIpc) is 2.73. The van der Waals surface area contributed by atoms with Gasteiger partial charge in [-0.2, -0.15) is 11.8 Å². The standard InChI is InChI=1S/C23H21NO2S/c1-27-22(18-13-7-3-8-14-18)20(21(25)17-11-5-2-6-12-17)23(26)24-19-15-9-4-10-16-19/h2-16,20,22H,1H3,(H,24,26). The zero-order valence-electron chi connectivity index (χ0n) is 15.0. The Balaban J connectivity index is 1.97. The van der Waals surface area contributed by atoms with Crippen molar-refractivity contribution >= 4 is 29.1 Å². The normalized spacial score (nSPS) is 12.8. The van der Waals surface area contributed by atoms with Crippen LogP contribution in [-0.2, 0) is 4.79 Å². The Labute approximate surface area is 163 Å². The van der Waals surface area contributed by atoms with Gasteiger partial charge in [0.1, 0.15) is 5.92 Å². The van der Waals surface area contributed by atoms with Gasteiger partial charge >= 0.3 is 0 Å². The number of rotatable bonds is 7. The molecule has 0 saturated carbocycles. The first-order chi connectivity index (χ1) is 13.2. The van der Waals surface area contributed by atoms with E-state index in [2.05, 4.69) is 5.32 Å². The van der Waals surface area contributed by atoms with Gasteiger partial charge in [0.05, 0.1) is 0 Å². The number of hydrogen-bond donors (Lipinski definition) is 1. The van der Waals surface area contributed by atoms with Crippen molar-refractivity contribution in [3.05, 3.63) is 102 Å². The predicted molar refractivity (Wildman–Crippen MR) is 112 cm³/mol. The summed E-state index contributed by atoms with van der Waals surface area (Å²) in [6.07, 6.45) is 1.93. The third kappa shape index (κ3) is 4.66. The molecular weight excluding hydrogens is 354 g/mol. The van der Waals surface area contributed by atoms with Crippen LogP contribution in [0.25, 0.3) is 0 Å². The number of ketones is 1. The predicted octanol–water partition coefficient (Wildman–Crippen LogP) is 5.23. The molecule has 0 spiro atoms. The molecule has 27 heavy (non-hydrogen) atoms. The Kier molecular flexibility index (Phi) is 6.44. The molecule has 0 heterocycles. The van der Waals surface area contributed by atoms with E-state index in [0.29, 0.717) is 11.3 Å². The third-order valence-electron chi connectivity index (χ3n) is 4.35. The van der Waals surface area contributed by atoms with Crippen LogP contribution >= 0.6 is 11.8 Å². The van der Waals surface area contributed by atoms with Crippen molar-refractivity contribution in [1.29, 1.82) is 0 Å². The van der Waals surface area contributed by atoms with Crippen LogP contribution in [0.5, 0.6) is 0 Å². The molecule has 2 unspecified atom stereocenters. The second kappa shape index (κ2) is 9.19. The Morgan fingerprint density at radius 3 is 1.85 bits per heavy atom. The van der Waals surface area contributed by atoms with Crippen molar-refractivity contribution in [2.24, 2.45) is 5.92 Å². The van der Waals surface area contributed by atoms with Crippen LogP contribution in [-0.4, -0.2) is 17.9 Å². The number of benzene rings is 3. The van der Waals surface area contributed by atoms with Crippen molar-refractivity contribution in [3.8, 4) is 0 Å². The summed E-state index contributed by atoms with van der Waals surface area (Å²) in [6.45, 7) is 0. The van der Waals surface area contributed by atoms with Gasteiger partial charge in [-0.1, -0.05) is 78.9 Å². The van der Waals surface area contributed by atoms with E-state index in [9.17, 15) is 9.59 Å². The lowest BCUT2D eigenvalue weighted by Gasteiger charge is -2.24. The highest BCUT2D eigenvalue weighted by atomic mass is 32.2. The Morgan fingerprint density at radius 1 is 0.778 bits per heavy atom. The molecule has 0 aliphatic carbocycles. The van der Waals surface area contributed by atoms with E-state index < -0.39 is 5.92 Å². The first kappa shape index (κ1) is 18.9. The minimum absolute atomic E-state index is 0.174. The highest BCUT2D eigenvalue weighted by molar-refractivity contribution is 7.98. The SMILES string of the molecule is CSC(c1ccccc1)C(C(=O)Nc1ccccc1)C(=O)c1ccccc1. The van der Waals surface area contributed by atoms with Gasteiger partial charge in [0.25, 0.3) is 0 Å². The minimum atomic E-state index is -0.829. The average molecular weight is 375 g/mol. The van der Waals surface area contributed by atoms with Gasteiger partial charge in [0, 0.05) is 16.5 Å². The van der Waals surface area contributed by atoms with E-state index in [0.717, 1.165) is 5.56 Å². The Bertz CT molecular complexity index is 882. The molecule has 3 aromatic rings. The van der Waals surface area contributed by atoms with Crippen LogP contribution < -0.4 is 5.32 Å². The zero-order chi connectivity index (χ0) is 19.1. The van der Waals surface area contributed by atoms with E-state index in [1.807, 2.05) is 85.1 Å². The number of carbonyl (C=O) groups is 2. The van der Waals surface area contributed by atoms with Crippen LogP contribution in [0.3, 0.4) is 0 Å². The van der Waals surface area contributed by atoms with Crippen LogP contribution in [0, 0.1) is 5.92 Å². The summed E-state index contributed by atoms with van der Waals surface area (Å²) in [7, 11) is 0. The van der Waals surface area contributed by atoms with Crippen molar-refractivity contribution in [2.75, 3.05) is 11.6 Å². The van der Waals surface area contributed by atoms with Crippen molar-refractivity contribution in [1.82, 2.24) is 0 Å². The smallest absolute Gasteiger partial charge is 0.236 e. The van der Waals surface area contributed by atoms with Crippen LogP contribution in [0.4, 0.5) is 5.69 Å². The molecule has 0 radical (unpaired) electrons. The lowest BCUT2D eigenvalue weighted by Crippen LogP contribution is -2.33. The number of hydrogen-bond acceptors (Lipinski definition) is 3. The summed E-state index contributed by atoms with van der Waals surface area (Å²) >= 11 is 1.51. The van der Waals surface area contributed by atoms with E-state index in [-0.39, 0.29) is 16.9 Å². The molecule has 0 fully saturated rings. The quantitative estimate of drug-likeness (QED) is 0.454. The number of amides is 1. The minimum Gasteiger partial charge on any atom is -0.325 e. The molecule has 0 saturated heterocycles. The molecule has 1 N–H and O–H groups in total. The first-order valence-corrected chi connectivity index (χ1v) is 10.0. The first-order valence-electron chi connectivity index (χ1n) is 8.73. The molecule has 3 rings (SSSR count). The summed E-state index contributed by atoms with van der Waals surface area (Å²) in [5.41, 5.74) is 2.18. The van der Waals surface area contributed by atoms with Crippen molar-refractivity contribution in [2.45, 2.75) is 5.25 Å². The van der Waals surface area contributed by atoms with Gasteiger partial charge in [-0.15, -0.1) is 0 Å². The molecule has 2 atom stereocenters. The molecule has 136 valence electrons.